The van der Waals surface area contributed by atoms with Gasteiger partial charge in [-0.2, -0.15) is 4.98 Å². The van der Waals surface area contributed by atoms with E-state index in [2.05, 4.69) is 25.3 Å². The van der Waals surface area contributed by atoms with Gasteiger partial charge in [0.15, 0.2) is 0 Å². The number of hydrogen-bond donors (Lipinski definition) is 1. The largest absolute Gasteiger partial charge is 0.481 e. The van der Waals surface area contributed by atoms with Gasteiger partial charge in [-0.25, -0.2) is 15.0 Å². The van der Waals surface area contributed by atoms with E-state index in [1.807, 2.05) is 0 Å². The Morgan fingerprint density at radius 2 is 2.29 bits per heavy atom. The Hall–Kier alpha value is -2.28. The van der Waals surface area contributed by atoms with Gasteiger partial charge in [0.1, 0.15) is 23.1 Å². The fourth-order valence-electron chi connectivity index (χ4n) is 2.04. The number of nitrogens with one attached hydrogen (secondary N) is 1. The van der Waals surface area contributed by atoms with E-state index in [1.165, 1.54) is 12.4 Å². The molecule has 1 aliphatic carbocycles. The van der Waals surface area contributed by atoms with Gasteiger partial charge < -0.3 is 10.1 Å². The summed E-state index contributed by atoms with van der Waals surface area (Å²) in [7, 11) is 1.54. The van der Waals surface area contributed by atoms with Crippen LogP contribution in [0.2, 0.25) is 5.15 Å². The second-order valence-electron chi connectivity index (χ2n) is 4.62. The molecular formula is C13H12ClN5O2. The third kappa shape index (κ3) is 3.08. The van der Waals surface area contributed by atoms with Crippen LogP contribution < -0.4 is 10.1 Å². The molecule has 1 amide bonds. The molecule has 2 aromatic heterocycles. The Bertz CT molecular complexity index is 681. The summed E-state index contributed by atoms with van der Waals surface area (Å²) in [5.41, 5.74) is 0. The van der Waals surface area contributed by atoms with E-state index < -0.39 is 0 Å². The molecule has 1 N–H and O–H groups in total. The molecular weight excluding hydrogens is 294 g/mol. The minimum absolute atomic E-state index is 0.0115. The Kier molecular flexibility index (Phi) is 3.66. The average Bonchev–Trinajstić information content (AvgIpc) is 3.28. The third-order valence-electron chi connectivity index (χ3n) is 3.20. The minimum Gasteiger partial charge on any atom is -0.481 e. The van der Waals surface area contributed by atoms with Gasteiger partial charge >= 0.3 is 0 Å². The fourth-order valence-corrected chi connectivity index (χ4v) is 2.19. The summed E-state index contributed by atoms with van der Waals surface area (Å²) < 4.78 is 5.05. The van der Waals surface area contributed by atoms with E-state index in [4.69, 9.17) is 16.3 Å². The van der Waals surface area contributed by atoms with Gasteiger partial charge in [-0.1, -0.05) is 11.6 Å². The van der Waals surface area contributed by atoms with Crippen LogP contribution in [0.15, 0.2) is 24.7 Å². The molecule has 0 spiro atoms. The molecule has 2 aromatic rings. The SMILES string of the molecule is COc1ccnc([C@H]2C[C@@H]2C(=O)Nc2cc(Cl)ncn2)n1. The number of rotatable bonds is 4. The number of methoxy groups -OCH3 is 1. The molecule has 108 valence electrons. The van der Waals surface area contributed by atoms with Crippen LogP contribution >= 0.6 is 11.6 Å². The highest BCUT2D eigenvalue weighted by Gasteiger charge is 2.46. The number of carbonyl (C=O) groups is 1. The summed E-state index contributed by atoms with van der Waals surface area (Å²) in [6, 6.07) is 3.17. The normalized spacial score (nSPS) is 19.9. The quantitative estimate of drug-likeness (QED) is 0.864. The predicted octanol–water partition coefficient (Wildman–Crippen LogP) is 1.67. The van der Waals surface area contributed by atoms with Gasteiger partial charge in [-0.15, -0.1) is 0 Å². The first-order valence-corrected chi connectivity index (χ1v) is 6.70. The van der Waals surface area contributed by atoms with E-state index in [9.17, 15) is 4.79 Å². The predicted molar refractivity (Wildman–Crippen MR) is 75.1 cm³/mol. The highest BCUT2D eigenvalue weighted by Crippen LogP contribution is 2.46. The molecule has 3 rings (SSSR count). The highest BCUT2D eigenvalue weighted by molar-refractivity contribution is 6.29. The zero-order valence-electron chi connectivity index (χ0n) is 11.2. The molecule has 21 heavy (non-hydrogen) atoms. The molecule has 8 heteroatoms. The number of ether oxygens (including phenoxy) is 1. The standard InChI is InChI=1S/C13H12ClN5O2/c1-21-11-2-3-15-12(19-11)7-4-8(7)13(20)18-10-5-9(14)16-6-17-10/h2-3,5-8H,4H2,1H3,(H,16,17,18,20)/t7-,8-/m0/s1. The number of halogens is 1. The monoisotopic (exact) mass is 305 g/mol. The van der Waals surface area contributed by atoms with E-state index in [1.54, 1.807) is 19.4 Å². The van der Waals surface area contributed by atoms with E-state index >= 15 is 0 Å². The summed E-state index contributed by atoms with van der Waals surface area (Å²) in [6.07, 6.45) is 3.63. The number of nitrogens with zero attached hydrogens (tertiary/aromatic N) is 4. The Labute approximate surface area is 125 Å². The van der Waals surface area contributed by atoms with Crippen LogP contribution in [0.25, 0.3) is 0 Å². The summed E-state index contributed by atoms with van der Waals surface area (Å²) >= 11 is 5.75. The topological polar surface area (TPSA) is 89.9 Å². The van der Waals surface area contributed by atoms with Crippen molar-refractivity contribution in [3.8, 4) is 5.88 Å². The lowest BCUT2D eigenvalue weighted by molar-refractivity contribution is -0.117. The van der Waals surface area contributed by atoms with Gasteiger partial charge in [-0.05, 0) is 6.42 Å². The lowest BCUT2D eigenvalue weighted by Crippen LogP contribution is -2.16. The van der Waals surface area contributed by atoms with E-state index in [0.29, 0.717) is 23.9 Å². The molecule has 0 unspecified atom stereocenters. The maximum atomic E-state index is 12.1. The van der Waals surface area contributed by atoms with Crippen LogP contribution in [0.5, 0.6) is 5.88 Å². The summed E-state index contributed by atoms with van der Waals surface area (Å²) in [5, 5.41) is 2.99. The van der Waals surface area contributed by atoms with E-state index in [-0.39, 0.29) is 22.9 Å². The van der Waals surface area contributed by atoms with Crippen molar-refractivity contribution < 1.29 is 9.53 Å². The smallest absolute Gasteiger partial charge is 0.229 e. The van der Waals surface area contributed by atoms with Crippen molar-refractivity contribution >= 4 is 23.3 Å². The van der Waals surface area contributed by atoms with Crippen molar-refractivity contribution in [2.24, 2.45) is 5.92 Å². The molecule has 2 heterocycles. The second-order valence-corrected chi connectivity index (χ2v) is 5.01. The molecule has 0 aliphatic heterocycles. The molecule has 0 aromatic carbocycles. The van der Waals surface area contributed by atoms with Crippen LogP contribution in [0.1, 0.15) is 18.2 Å². The maximum absolute atomic E-state index is 12.1. The Morgan fingerprint density at radius 1 is 1.43 bits per heavy atom. The van der Waals surface area contributed by atoms with Crippen molar-refractivity contribution in [2.75, 3.05) is 12.4 Å². The van der Waals surface area contributed by atoms with Crippen LogP contribution in [-0.4, -0.2) is 33.0 Å². The molecule has 1 saturated carbocycles. The molecule has 2 atom stereocenters. The molecule has 0 radical (unpaired) electrons. The van der Waals surface area contributed by atoms with Gasteiger partial charge in [0.25, 0.3) is 0 Å². The zero-order valence-corrected chi connectivity index (χ0v) is 11.9. The van der Waals surface area contributed by atoms with E-state index in [0.717, 1.165) is 0 Å². The first-order chi connectivity index (χ1) is 10.2. The molecule has 1 aliphatic rings. The average molecular weight is 306 g/mol. The van der Waals surface area contributed by atoms with Crippen molar-refractivity contribution in [3.05, 3.63) is 35.6 Å². The number of anilines is 1. The summed E-state index contributed by atoms with van der Waals surface area (Å²) in [6.45, 7) is 0. The molecule has 1 fully saturated rings. The third-order valence-corrected chi connectivity index (χ3v) is 3.41. The van der Waals surface area contributed by atoms with Crippen LogP contribution in [0.3, 0.4) is 0 Å². The fraction of sp³-hybridized carbons (Fsp3) is 0.308. The minimum atomic E-state index is -0.161. The second kappa shape index (κ2) is 5.61. The lowest BCUT2D eigenvalue weighted by atomic mass is 10.3. The number of carbonyl (C=O) groups excluding carboxylic acids is 1. The lowest BCUT2D eigenvalue weighted by Gasteiger charge is -2.04. The highest BCUT2D eigenvalue weighted by atomic mass is 35.5. The van der Waals surface area contributed by atoms with Crippen LogP contribution in [0.4, 0.5) is 5.82 Å². The Morgan fingerprint density at radius 3 is 3.05 bits per heavy atom. The number of aromatic nitrogens is 4. The zero-order chi connectivity index (χ0) is 14.8. The van der Waals surface area contributed by atoms with Crippen molar-refractivity contribution in [1.29, 1.82) is 0 Å². The summed E-state index contributed by atoms with van der Waals surface area (Å²) in [5.74, 6) is 1.23. The van der Waals surface area contributed by atoms with Crippen molar-refractivity contribution in [3.63, 3.8) is 0 Å². The Balaban J connectivity index is 1.65. The number of hydrogen-bond acceptors (Lipinski definition) is 6. The van der Waals surface area contributed by atoms with Gasteiger partial charge in [0.2, 0.25) is 11.8 Å². The first kappa shape index (κ1) is 13.7. The van der Waals surface area contributed by atoms with Crippen molar-refractivity contribution in [1.82, 2.24) is 19.9 Å². The summed E-state index contributed by atoms with van der Waals surface area (Å²) in [4.78, 5) is 28.2. The molecule has 7 nitrogen and oxygen atoms in total. The number of amides is 1. The van der Waals surface area contributed by atoms with Gasteiger partial charge in [-0.3, -0.25) is 4.79 Å². The van der Waals surface area contributed by atoms with Crippen LogP contribution in [0, 0.1) is 5.92 Å². The first-order valence-electron chi connectivity index (χ1n) is 6.32. The maximum Gasteiger partial charge on any atom is 0.229 e. The molecule has 0 bridgehead atoms. The van der Waals surface area contributed by atoms with Crippen molar-refractivity contribution in [2.45, 2.75) is 12.3 Å². The van der Waals surface area contributed by atoms with Crippen LogP contribution in [-0.2, 0) is 4.79 Å². The van der Waals surface area contributed by atoms with Gasteiger partial charge in [0.05, 0.1) is 7.11 Å². The van der Waals surface area contributed by atoms with Gasteiger partial charge in [0, 0.05) is 30.2 Å². The molecule has 0 saturated heterocycles.